The first kappa shape index (κ1) is 13.0. The molecule has 1 nitrogen and oxygen atoms in total. The van der Waals surface area contributed by atoms with Crippen molar-refractivity contribution in [1.29, 1.82) is 0 Å². The average Bonchev–Trinajstić information content (AvgIpc) is 1.81. The molecule has 0 N–H and O–H groups in total. The van der Waals surface area contributed by atoms with Crippen molar-refractivity contribution >= 4 is 0 Å². The summed E-state index contributed by atoms with van der Waals surface area (Å²) in [6.45, 7) is 17.3. The molecule has 1 heteroatoms. The SMILES string of the molecule is CCCCN(C(C)(C)C)C(C)(C)C. The van der Waals surface area contributed by atoms with E-state index < -0.39 is 0 Å². The Morgan fingerprint density at radius 1 is 0.846 bits per heavy atom. The Morgan fingerprint density at radius 3 is 1.46 bits per heavy atom. The number of hydrogen-bond donors (Lipinski definition) is 0. The van der Waals surface area contributed by atoms with Gasteiger partial charge in [0.25, 0.3) is 0 Å². The molecule has 0 saturated heterocycles. The van der Waals surface area contributed by atoms with Crippen LogP contribution < -0.4 is 0 Å². The van der Waals surface area contributed by atoms with E-state index in [0.717, 1.165) is 0 Å². The summed E-state index contributed by atoms with van der Waals surface area (Å²) in [6.07, 6.45) is 2.58. The summed E-state index contributed by atoms with van der Waals surface area (Å²) >= 11 is 0. The van der Waals surface area contributed by atoms with Crippen molar-refractivity contribution in [2.45, 2.75) is 72.4 Å². The quantitative estimate of drug-likeness (QED) is 0.648. The Morgan fingerprint density at radius 2 is 1.23 bits per heavy atom. The van der Waals surface area contributed by atoms with Crippen LogP contribution in [0.5, 0.6) is 0 Å². The molecular formula is C12H27N. The van der Waals surface area contributed by atoms with Crippen LogP contribution in [0.3, 0.4) is 0 Å². The molecule has 0 fully saturated rings. The van der Waals surface area contributed by atoms with Gasteiger partial charge in [0.15, 0.2) is 0 Å². The summed E-state index contributed by atoms with van der Waals surface area (Å²) in [5, 5.41) is 0. The zero-order chi connectivity index (χ0) is 10.7. The lowest BCUT2D eigenvalue weighted by molar-refractivity contribution is 0.0372. The van der Waals surface area contributed by atoms with E-state index in [0.29, 0.717) is 0 Å². The van der Waals surface area contributed by atoms with Crippen LogP contribution in [0, 0.1) is 0 Å². The van der Waals surface area contributed by atoms with Crippen LogP contribution in [-0.4, -0.2) is 22.5 Å². The lowest BCUT2D eigenvalue weighted by Gasteiger charge is -2.45. The molecule has 0 atom stereocenters. The molecule has 0 spiro atoms. The smallest absolute Gasteiger partial charge is 0.0130 e. The molecule has 0 bridgehead atoms. The molecule has 80 valence electrons. The first-order chi connectivity index (χ1) is 5.69. The monoisotopic (exact) mass is 185 g/mol. The van der Waals surface area contributed by atoms with Gasteiger partial charge in [-0.3, -0.25) is 4.90 Å². The normalized spacial score (nSPS) is 13.8. The van der Waals surface area contributed by atoms with Gasteiger partial charge in [0.1, 0.15) is 0 Å². The van der Waals surface area contributed by atoms with Gasteiger partial charge in [0.2, 0.25) is 0 Å². The van der Waals surface area contributed by atoms with Crippen molar-refractivity contribution in [3.63, 3.8) is 0 Å². The van der Waals surface area contributed by atoms with Crippen molar-refractivity contribution in [3.05, 3.63) is 0 Å². The van der Waals surface area contributed by atoms with Gasteiger partial charge in [-0.1, -0.05) is 13.3 Å². The van der Waals surface area contributed by atoms with E-state index >= 15 is 0 Å². The number of unbranched alkanes of at least 4 members (excludes halogenated alkanes) is 1. The molecule has 0 saturated carbocycles. The summed E-state index contributed by atoms with van der Waals surface area (Å²) in [4.78, 5) is 2.59. The topological polar surface area (TPSA) is 3.24 Å². The molecule has 0 aromatic carbocycles. The Labute approximate surface area is 84.5 Å². The number of hydrogen-bond acceptors (Lipinski definition) is 1. The molecule has 0 aliphatic rings. The zero-order valence-corrected chi connectivity index (χ0v) is 10.6. The largest absolute Gasteiger partial charge is 0.294 e. The lowest BCUT2D eigenvalue weighted by atomic mass is 9.95. The van der Waals surface area contributed by atoms with E-state index in [1.807, 2.05) is 0 Å². The fourth-order valence-corrected chi connectivity index (χ4v) is 1.99. The minimum Gasteiger partial charge on any atom is -0.294 e. The summed E-state index contributed by atoms with van der Waals surface area (Å²) in [5.74, 6) is 0. The van der Waals surface area contributed by atoms with Gasteiger partial charge in [-0.05, 0) is 54.5 Å². The van der Waals surface area contributed by atoms with Gasteiger partial charge in [0, 0.05) is 11.1 Å². The lowest BCUT2D eigenvalue weighted by Crippen LogP contribution is -2.52. The third-order valence-electron chi connectivity index (χ3n) is 2.35. The highest BCUT2D eigenvalue weighted by Crippen LogP contribution is 2.24. The predicted molar refractivity (Wildman–Crippen MR) is 61.1 cm³/mol. The Kier molecular flexibility index (Phi) is 4.44. The van der Waals surface area contributed by atoms with Crippen molar-refractivity contribution in [2.75, 3.05) is 6.54 Å². The zero-order valence-electron chi connectivity index (χ0n) is 10.6. The highest BCUT2D eigenvalue weighted by Gasteiger charge is 2.30. The number of rotatable bonds is 3. The second-order valence-electron chi connectivity index (χ2n) is 5.85. The van der Waals surface area contributed by atoms with Crippen molar-refractivity contribution < 1.29 is 0 Å². The minimum absolute atomic E-state index is 0.285. The summed E-state index contributed by atoms with van der Waals surface area (Å²) in [5.41, 5.74) is 0.570. The van der Waals surface area contributed by atoms with Gasteiger partial charge in [-0.15, -0.1) is 0 Å². The number of nitrogens with zero attached hydrogens (tertiary/aromatic N) is 1. The van der Waals surface area contributed by atoms with Gasteiger partial charge >= 0.3 is 0 Å². The molecule has 0 aliphatic heterocycles. The fraction of sp³-hybridized carbons (Fsp3) is 1.00. The first-order valence-electron chi connectivity index (χ1n) is 5.47. The second-order valence-corrected chi connectivity index (χ2v) is 5.85. The summed E-state index contributed by atoms with van der Waals surface area (Å²) in [6, 6.07) is 0. The maximum absolute atomic E-state index is 2.59. The Bertz CT molecular complexity index is 122. The third kappa shape index (κ3) is 4.66. The highest BCUT2D eigenvalue weighted by molar-refractivity contribution is 4.86. The second kappa shape index (κ2) is 4.45. The Balaban J connectivity index is 4.39. The molecule has 0 unspecified atom stereocenters. The van der Waals surface area contributed by atoms with E-state index in [2.05, 4.69) is 53.4 Å². The molecule has 0 amide bonds. The van der Waals surface area contributed by atoms with Gasteiger partial charge in [0.05, 0.1) is 0 Å². The van der Waals surface area contributed by atoms with Gasteiger partial charge in [-0.25, -0.2) is 0 Å². The average molecular weight is 185 g/mol. The van der Waals surface area contributed by atoms with Crippen LogP contribution in [0.1, 0.15) is 61.3 Å². The Hall–Kier alpha value is -0.0400. The molecule has 0 aromatic heterocycles. The molecule has 0 rings (SSSR count). The maximum Gasteiger partial charge on any atom is 0.0130 e. The van der Waals surface area contributed by atoms with E-state index in [-0.39, 0.29) is 11.1 Å². The van der Waals surface area contributed by atoms with E-state index in [1.165, 1.54) is 19.4 Å². The molecule has 0 aliphatic carbocycles. The van der Waals surface area contributed by atoms with Crippen LogP contribution in [-0.2, 0) is 0 Å². The predicted octanol–water partition coefficient (Wildman–Crippen LogP) is 3.69. The van der Waals surface area contributed by atoms with Crippen LogP contribution in [0.2, 0.25) is 0 Å². The van der Waals surface area contributed by atoms with E-state index in [4.69, 9.17) is 0 Å². The van der Waals surface area contributed by atoms with Crippen LogP contribution in [0.25, 0.3) is 0 Å². The molecular weight excluding hydrogens is 158 g/mol. The molecule has 0 aromatic rings. The molecule has 0 heterocycles. The summed E-state index contributed by atoms with van der Waals surface area (Å²) in [7, 11) is 0. The van der Waals surface area contributed by atoms with Crippen LogP contribution >= 0.6 is 0 Å². The first-order valence-corrected chi connectivity index (χ1v) is 5.47. The molecule has 13 heavy (non-hydrogen) atoms. The standard InChI is InChI=1S/C12H27N/c1-8-9-10-13(11(2,3)4)12(5,6)7/h8-10H2,1-7H3. The van der Waals surface area contributed by atoms with Crippen LogP contribution in [0.15, 0.2) is 0 Å². The van der Waals surface area contributed by atoms with Crippen molar-refractivity contribution in [3.8, 4) is 0 Å². The summed E-state index contributed by atoms with van der Waals surface area (Å²) < 4.78 is 0. The van der Waals surface area contributed by atoms with E-state index in [9.17, 15) is 0 Å². The minimum atomic E-state index is 0.285. The van der Waals surface area contributed by atoms with Crippen molar-refractivity contribution in [2.24, 2.45) is 0 Å². The maximum atomic E-state index is 2.59. The molecule has 0 radical (unpaired) electrons. The van der Waals surface area contributed by atoms with Crippen LogP contribution in [0.4, 0.5) is 0 Å². The van der Waals surface area contributed by atoms with E-state index in [1.54, 1.807) is 0 Å². The van der Waals surface area contributed by atoms with Gasteiger partial charge in [-0.2, -0.15) is 0 Å². The van der Waals surface area contributed by atoms with Gasteiger partial charge < -0.3 is 0 Å². The fourth-order valence-electron chi connectivity index (χ4n) is 1.99. The van der Waals surface area contributed by atoms with Crippen molar-refractivity contribution in [1.82, 2.24) is 4.90 Å². The third-order valence-corrected chi connectivity index (χ3v) is 2.35. The highest BCUT2D eigenvalue weighted by atomic mass is 15.2.